The molecule has 3 N–H and O–H groups in total. The molecule has 2 fully saturated rings. The maximum Gasteiger partial charge on any atom is 0.323 e. The number of carbonyl (C=O) groups is 2. The van der Waals surface area contributed by atoms with E-state index in [9.17, 15) is 9.59 Å². The topological polar surface area (TPSA) is 92.9 Å². The van der Waals surface area contributed by atoms with Gasteiger partial charge in [0.2, 0.25) is 5.91 Å². The number of carbonyl (C=O) groups excluding carboxylic acids is 1. The highest BCUT2D eigenvalue weighted by atomic mass is 16.5. The Hall–Kier alpha value is -1.14. The predicted octanol–water partition coefficient (Wildman–Crippen LogP) is 0.452. The third-order valence-electron chi connectivity index (χ3n) is 4.91. The van der Waals surface area contributed by atoms with Crippen LogP contribution in [0.5, 0.6) is 0 Å². The van der Waals surface area contributed by atoms with E-state index in [1.54, 1.807) is 0 Å². The Balaban J connectivity index is 2.23. The summed E-state index contributed by atoms with van der Waals surface area (Å²) in [4.78, 5) is 25.1. The average Bonchev–Trinajstić information content (AvgIpc) is 2.84. The minimum atomic E-state index is -1.02. The summed E-state index contributed by atoms with van der Waals surface area (Å²) in [5, 5.41) is 8.97. The minimum absolute atomic E-state index is 0.00171. The number of amides is 1. The van der Waals surface area contributed by atoms with Crippen molar-refractivity contribution in [1.29, 1.82) is 0 Å². The Labute approximate surface area is 119 Å². The van der Waals surface area contributed by atoms with Crippen LogP contribution >= 0.6 is 0 Å². The largest absolute Gasteiger partial charge is 0.480 e. The van der Waals surface area contributed by atoms with E-state index in [1.165, 1.54) is 4.90 Å². The molecule has 0 aromatic rings. The maximum absolute atomic E-state index is 12.8. The number of ether oxygens (including phenoxy) is 1. The van der Waals surface area contributed by atoms with Gasteiger partial charge in [-0.1, -0.05) is 20.8 Å². The zero-order chi connectivity index (χ0) is 15.1. The molecular formula is C14H24N2O4. The highest BCUT2D eigenvalue weighted by Gasteiger charge is 2.71. The number of carboxylic acid groups (broad SMARTS) is 1. The molecule has 1 amide bonds. The lowest BCUT2D eigenvalue weighted by Gasteiger charge is -2.61. The molecule has 114 valence electrons. The van der Waals surface area contributed by atoms with E-state index < -0.39 is 16.9 Å². The van der Waals surface area contributed by atoms with Crippen molar-refractivity contribution in [3.8, 4) is 0 Å². The quantitative estimate of drug-likeness (QED) is 0.764. The van der Waals surface area contributed by atoms with Gasteiger partial charge < -0.3 is 20.5 Å². The fraction of sp³-hybridized carbons (Fsp3) is 0.857. The number of hydrogen-bond acceptors (Lipinski definition) is 4. The number of hydrogen-bond donors (Lipinski definition) is 2. The summed E-state index contributed by atoms with van der Waals surface area (Å²) in [5.41, 5.74) is 4.97. The van der Waals surface area contributed by atoms with E-state index in [0.29, 0.717) is 19.6 Å². The first-order valence-electron chi connectivity index (χ1n) is 7.18. The van der Waals surface area contributed by atoms with Gasteiger partial charge in [0, 0.05) is 24.5 Å². The lowest BCUT2D eigenvalue weighted by Crippen LogP contribution is -2.80. The molecule has 0 radical (unpaired) electrons. The Morgan fingerprint density at radius 2 is 2.10 bits per heavy atom. The highest BCUT2D eigenvalue weighted by Crippen LogP contribution is 2.58. The summed E-state index contributed by atoms with van der Waals surface area (Å²) in [7, 11) is 0. The van der Waals surface area contributed by atoms with Crippen LogP contribution in [-0.4, -0.2) is 53.2 Å². The molecule has 1 saturated heterocycles. The van der Waals surface area contributed by atoms with Crippen molar-refractivity contribution < 1.29 is 19.4 Å². The van der Waals surface area contributed by atoms with E-state index in [2.05, 4.69) is 0 Å². The third-order valence-corrected chi connectivity index (χ3v) is 4.91. The lowest BCUT2D eigenvalue weighted by atomic mass is 9.47. The second-order valence-electron chi connectivity index (χ2n) is 6.40. The Morgan fingerprint density at radius 3 is 2.65 bits per heavy atom. The maximum atomic E-state index is 12.8. The van der Waals surface area contributed by atoms with Crippen molar-refractivity contribution in [3.05, 3.63) is 0 Å². The molecular weight excluding hydrogens is 260 g/mol. The monoisotopic (exact) mass is 284 g/mol. The second kappa shape index (κ2) is 5.00. The molecule has 0 aromatic heterocycles. The van der Waals surface area contributed by atoms with Crippen molar-refractivity contribution in [2.24, 2.45) is 17.1 Å². The number of rotatable bonds is 5. The number of aliphatic carboxylic acids is 1. The van der Waals surface area contributed by atoms with Gasteiger partial charge >= 0.3 is 5.97 Å². The number of carboxylic acids is 1. The first kappa shape index (κ1) is 15.3. The zero-order valence-corrected chi connectivity index (χ0v) is 12.4. The molecule has 3 atom stereocenters. The van der Waals surface area contributed by atoms with Crippen LogP contribution in [0, 0.1) is 11.3 Å². The van der Waals surface area contributed by atoms with Crippen molar-refractivity contribution >= 4 is 11.9 Å². The van der Waals surface area contributed by atoms with Gasteiger partial charge in [-0.2, -0.15) is 0 Å². The molecule has 1 aliphatic carbocycles. The van der Waals surface area contributed by atoms with Crippen LogP contribution in [-0.2, 0) is 14.3 Å². The van der Waals surface area contributed by atoms with Gasteiger partial charge in [-0.25, -0.2) is 0 Å². The molecule has 1 aliphatic heterocycles. The summed E-state index contributed by atoms with van der Waals surface area (Å²) in [6.07, 6.45) is 1.48. The fourth-order valence-corrected chi connectivity index (χ4v) is 3.77. The van der Waals surface area contributed by atoms with Gasteiger partial charge in [0.25, 0.3) is 0 Å². The van der Waals surface area contributed by atoms with Gasteiger partial charge in [-0.15, -0.1) is 0 Å². The summed E-state index contributed by atoms with van der Waals surface area (Å²) < 4.78 is 5.67. The van der Waals surface area contributed by atoms with E-state index >= 15 is 0 Å². The molecule has 20 heavy (non-hydrogen) atoms. The summed E-state index contributed by atoms with van der Waals surface area (Å²) >= 11 is 0. The van der Waals surface area contributed by atoms with Crippen LogP contribution in [0.1, 0.15) is 33.6 Å². The van der Waals surface area contributed by atoms with Crippen molar-refractivity contribution in [2.45, 2.75) is 45.3 Å². The van der Waals surface area contributed by atoms with Crippen LogP contribution in [0.15, 0.2) is 0 Å². The molecule has 1 saturated carbocycles. The molecule has 6 heteroatoms. The summed E-state index contributed by atoms with van der Waals surface area (Å²) in [5.74, 6) is -1.26. The highest BCUT2D eigenvalue weighted by molar-refractivity contribution is 5.91. The number of nitrogens with zero attached hydrogens (tertiary/aromatic N) is 1. The fourth-order valence-electron chi connectivity index (χ4n) is 3.77. The van der Waals surface area contributed by atoms with Crippen molar-refractivity contribution in [1.82, 2.24) is 4.90 Å². The first-order chi connectivity index (χ1) is 9.26. The molecule has 6 nitrogen and oxygen atoms in total. The normalized spacial score (nSPS) is 34.2. The Kier molecular flexibility index (Phi) is 3.81. The van der Waals surface area contributed by atoms with Crippen molar-refractivity contribution in [3.63, 3.8) is 0 Å². The lowest BCUT2D eigenvalue weighted by molar-refractivity contribution is -0.185. The van der Waals surface area contributed by atoms with Gasteiger partial charge in [0.1, 0.15) is 12.1 Å². The third kappa shape index (κ3) is 1.93. The summed E-state index contributed by atoms with van der Waals surface area (Å²) in [6, 6.07) is 0. The van der Waals surface area contributed by atoms with E-state index in [0.717, 1.165) is 6.42 Å². The number of fused-ring (bicyclic) bond motifs is 1. The SMILES string of the molecule is CCCN(CC(=O)O)C(=O)C1(N)C2CCOC2C1(C)C. The molecule has 0 aromatic carbocycles. The van der Waals surface area contributed by atoms with Gasteiger partial charge in [0.05, 0.1) is 6.10 Å². The molecule has 1 heterocycles. The van der Waals surface area contributed by atoms with Crippen LogP contribution in [0.2, 0.25) is 0 Å². The molecule has 0 bridgehead atoms. The van der Waals surface area contributed by atoms with E-state index in [4.69, 9.17) is 15.6 Å². The Bertz CT molecular complexity index is 423. The molecule has 0 spiro atoms. The van der Waals surface area contributed by atoms with Crippen molar-refractivity contribution in [2.75, 3.05) is 19.7 Å². The smallest absolute Gasteiger partial charge is 0.323 e. The Morgan fingerprint density at radius 1 is 1.45 bits per heavy atom. The van der Waals surface area contributed by atoms with Crippen LogP contribution in [0.3, 0.4) is 0 Å². The minimum Gasteiger partial charge on any atom is -0.480 e. The van der Waals surface area contributed by atoms with Crippen LogP contribution in [0.25, 0.3) is 0 Å². The average molecular weight is 284 g/mol. The zero-order valence-electron chi connectivity index (χ0n) is 12.4. The molecule has 3 unspecified atom stereocenters. The predicted molar refractivity (Wildman–Crippen MR) is 73.1 cm³/mol. The van der Waals surface area contributed by atoms with Gasteiger partial charge in [-0.3, -0.25) is 9.59 Å². The summed E-state index contributed by atoms with van der Waals surface area (Å²) in [6.45, 7) is 6.53. The number of nitrogens with two attached hydrogens (primary N) is 1. The van der Waals surface area contributed by atoms with Crippen LogP contribution < -0.4 is 5.73 Å². The molecule has 2 rings (SSSR count). The second-order valence-corrected chi connectivity index (χ2v) is 6.40. The first-order valence-corrected chi connectivity index (χ1v) is 7.18. The van der Waals surface area contributed by atoms with Gasteiger partial charge in [-0.05, 0) is 12.8 Å². The van der Waals surface area contributed by atoms with E-state index in [-0.39, 0.29) is 24.5 Å². The van der Waals surface area contributed by atoms with Crippen LogP contribution in [0.4, 0.5) is 0 Å². The van der Waals surface area contributed by atoms with E-state index in [1.807, 2.05) is 20.8 Å². The van der Waals surface area contributed by atoms with Gasteiger partial charge in [0.15, 0.2) is 0 Å². The molecule has 2 aliphatic rings. The standard InChI is InChI=1S/C14H24N2O4/c1-4-6-16(8-10(17)18)12(19)14(15)9-5-7-20-11(9)13(14,2)3/h9,11H,4-8,15H2,1-3H3,(H,17,18).